The van der Waals surface area contributed by atoms with Crippen molar-refractivity contribution in [2.24, 2.45) is 0 Å². The zero-order valence-corrected chi connectivity index (χ0v) is 7.58. The van der Waals surface area contributed by atoms with E-state index in [2.05, 4.69) is 0 Å². The summed E-state index contributed by atoms with van der Waals surface area (Å²) in [5.74, 6) is 0. The third kappa shape index (κ3) is 604000. The maximum Gasteiger partial charge on any atom is 2.00 e. The minimum absolute atomic E-state index is 0. The molecule has 1 radical (unpaired) electrons. The van der Waals surface area contributed by atoms with Gasteiger partial charge in [0.05, 0.1) is 0 Å². The maximum absolute atomic E-state index is 9.75. The molecule has 0 aliphatic carbocycles. The van der Waals surface area contributed by atoms with Crippen LogP contribution in [0.15, 0.2) is 0 Å². The first-order chi connectivity index (χ1) is 5.41. The Kier molecular flexibility index (Phi) is 18.8. The van der Waals surface area contributed by atoms with E-state index in [9.17, 15) is 34.5 Å². The van der Waals surface area contributed by atoms with Gasteiger partial charge in [-0.05, 0) is 6.92 Å². The van der Waals surface area contributed by atoms with Crippen molar-refractivity contribution >= 4 is 14.5 Å². The van der Waals surface area contributed by atoms with Crippen LogP contribution in [0.25, 0.3) is 0 Å². The smallest absolute Gasteiger partial charge is 0.418 e. The molecule has 0 saturated carbocycles. The Morgan fingerprint density at radius 2 is 0.786 bits per heavy atom. The maximum atomic E-state index is 9.75. The van der Waals surface area contributed by atoms with E-state index in [-0.39, 0.29) is 23.7 Å². The van der Waals surface area contributed by atoms with E-state index in [0.29, 0.717) is 0 Å². The zero-order valence-electron chi connectivity index (χ0n) is 6.63. The van der Waals surface area contributed by atoms with Crippen LogP contribution < -0.4 is 0 Å². The third-order valence-electron chi connectivity index (χ3n) is 0. The number of halogens is 8. The van der Waals surface area contributed by atoms with Crippen LogP contribution in [0.2, 0.25) is 0 Å². The quantitative estimate of drug-likeness (QED) is 0.535. The van der Waals surface area contributed by atoms with Crippen LogP contribution >= 0.6 is 0 Å². The van der Waals surface area contributed by atoms with Crippen LogP contribution in [0.4, 0.5) is 34.5 Å². The SMILES string of the molecule is CCO.F[B-](F)(F)F.F[B-](F)(F)F.[Cu+2]. The number of hydrogen-bond donors (Lipinski definition) is 1. The Morgan fingerprint density at radius 3 is 0.786 bits per heavy atom. The van der Waals surface area contributed by atoms with E-state index >= 15 is 0 Å². The largest absolute Gasteiger partial charge is 2.00 e. The molecule has 0 aliphatic heterocycles. The van der Waals surface area contributed by atoms with Crippen LogP contribution in [0.3, 0.4) is 0 Å². The first-order valence-electron chi connectivity index (χ1n) is 2.77. The van der Waals surface area contributed by atoms with Gasteiger partial charge in [0, 0.05) is 6.61 Å². The number of rotatable bonds is 0. The van der Waals surface area contributed by atoms with E-state index in [1.807, 2.05) is 0 Å². The standard InChI is InChI=1S/C2H6O.2BF4.Cu/c1-2-3;2*2-1(3,4)5;/h3H,2H2,1H3;;;/q;2*-1;+2. The van der Waals surface area contributed by atoms with Crippen molar-refractivity contribution in [3.8, 4) is 0 Å². The molecule has 0 aromatic heterocycles. The Bertz CT molecular complexity index is 78.5. The molecule has 0 saturated heterocycles. The summed E-state index contributed by atoms with van der Waals surface area (Å²) in [6, 6.07) is 0. The van der Waals surface area contributed by atoms with Gasteiger partial charge in [-0.1, -0.05) is 0 Å². The van der Waals surface area contributed by atoms with Gasteiger partial charge in [0.15, 0.2) is 0 Å². The first-order valence-corrected chi connectivity index (χ1v) is 2.77. The van der Waals surface area contributed by atoms with Gasteiger partial charge in [-0.15, -0.1) is 0 Å². The molecule has 0 rings (SSSR count). The molecule has 0 aromatic carbocycles. The van der Waals surface area contributed by atoms with Crippen LogP contribution in [0.1, 0.15) is 6.92 Å². The van der Waals surface area contributed by atoms with Crippen molar-refractivity contribution in [3.05, 3.63) is 0 Å². The minimum atomic E-state index is -6.00. The molecule has 0 amide bonds. The Labute approximate surface area is 85.5 Å². The molecule has 0 aromatic rings. The molecule has 93 valence electrons. The van der Waals surface area contributed by atoms with Crippen molar-refractivity contribution in [2.45, 2.75) is 6.92 Å². The molecule has 0 spiro atoms. The van der Waals surface area contributed by atoms with Gasteiger partial charge >= 0.3 is 31.6 Å². The number of aliphatic hydroxyl groups excluding tert-OH is 1. The van der Waals surface area contributed by atoms with Gasteiger partial charge in [0.1, 0.15) is 0 Å². The predicted octanol–water partition coefficient (Wildman–Crippen LogP) is 2.60. The van der Waals surface area contributed by atoms with E-state index in [1.165, 1.54) is 0 Å². The summed E-state index contributed by atoms with van der Waals surface area (Å²) in [6.07, 6.45) is 0. The fraction of sp³-hybridized carbons (Fsp3) is 1.00. The molecule has 12 heteroatoms. The van der Waals surface area contributed by atoms with Crippen molar-refractivity contribution in [2.75, 3.05) is 6.61 Å². The zero-order chi connectivity index (χ0) is 11.7. The van der Waals surface area contributed by atoms with Crippen LogP contribution in [-0.2, 0) is 17.1 Å². The molecule has 0 heterocycles. The van der Waals surface area contributed by atoms with Gasteiger partial charge in [0.25, 0.3) is 0 Å². The summed E-state index contributed by atoms with van der Waals surface area (Å²) >= 11 is 0. The summed E-state index contributed by atoms with van der Waals surface area (Å²) in [5, 5.41) is 7.57. The Hall–Kier alpha value is 0.0494. The van der Waals surface area contributed by atoms with Crippen molar-refractivity contribution in [1.82, 2.24) is 0 Å². The van der Waals surface area contributed by atoms with Crippen LogP contribution in [0, 0.1) is 0 Å². The summed E-state index contributed by atoms with van der Waals surface area (Å²) in [4.78, 5) is 0. The second-order valence-corrected chi connectivity index (χ2v) is 1.31. The molecular weight excluding hydrogens is 277 g/mol. The van der Waals surface area contributed by atoms with Gasteiger partial charge in [-0.25, -0.2) is 0 Å². The van der Waals surface area contributed by atoms with Crippen molar-refractivity contribution < 1.29 is 56.7 Å². The van der Waals surface area contributed by atoms with E-state index in [0.717, 1.165) is 0 Å². The molecule has 0 atom stereocenters. The molecule has 1 N–H and O–H groups in total. The normalized spacial score (nSPS) is 9.86. The van der Waals surface area contributed by atoms with E-state index in [4.69, 9.17) is 5.11 Å². The average molecular weight is 283 g/mol. The summed E-state index contributed by atoms with van der Waals surface area (Å²) in [6.45, 7) is 1.93. The summed E-state index contributed by atoms with van der Waals surface area (Å²) in [7, 11) is -12.0. The van der Waals surface area contributed by atoms with Crippen molar-refractivity contribution in [3.63, 3.8) is 0 Å². The second kappa shape index (κ2) is 11.1. The number of hydrogen-bond acceptors (Lipinski definition) is 1. The Balaban J connectivity index is -0.0000000535. The van der Waals surface area contributed by atoms with Crippen LogP contribution in [0.5, 0.6) is 0 Å². The molecule has 0 fully saturated rings. The first kappa shape index (κ1) is 23.7. The Morgan fingerprint density at radius 1 is 0.786 bits per heavy atom. The fourth-order valence-electron chi connectivity index (χ4n) is 0. The van der Waals surface area contributed by atoms with E-state index in [1.54, 1.807) is 6.92 Å². The molecular formula is C2H6B2CuF8O. The van der Waals surface area contributed by atoms with Crippen molar-refractivity contribution in [1.29, 1.82) is 0 Å². The third-order valence-corrected chi connectivity index (χ3v) is 0. The predicted molar refractivity (Wildman–Crippen MR) is 33.1 cm³/mol. The average Bonchev–Trinajstić information content (AvgIpc) is 1.52. The minimum Gasteiger partial charge on any atom is -0.418 e. The van der Waals surface area contributed by atoms with Crippen LogP contribution in [-0.4, -0.2) is 26.2 Å². The summed E-state index contributed by atoms with van der Waals surface area (Å²) in [5.41, 5.74) is 0. The molecule has 0 bridgehead atoms. The van der Waals surface area contributed by atoms with E-state index < -0.39 is 14.5 Å². The van der Waals surface area contributed by atoms with Gasteiger partial charge in [-0.2, -0.15) is 0 Å². The molecule has 1 nitrogen and oxygen atoms in total. The topological polar surface area (TPSA) is 20.2 Å². The second-order valence-electron chi connectivity index (χ2n) is 1.31. The molecule has 0 unspecified atom stereocenters. The fourth-order valence-corrected chi connectivity index (χ4v) is 0. The molecule has 14 heavy (non-hydrogen) atoms. The van der Waals surface area contributed by atoms with Gasteiger partial charge < -0.3 is 39.6 Å². The number of aliphatic hydroxyl groups is 1. The summed E-state index contributed by atoms with van der Waals surface area (Å²) < 4.78 is 78.0. The monoisotopic (exact) mass is 283 g/mol. The van der Waals surface area contributed by atoms with Gasteiger partial charge in [-0.3, -0.25) is 0 Å². The molecule has 0 aliphatic rings. The van der Waals surface area contributed by atoms with Gasteiger partial charge in [0.2, 0.25) is 0 Å².